The van der Waals surface area contributed by atoms with Crippen molar-refractivity contribution in [3.63, 3.8) is 0 Å². The van der Waals surface area contributed by atoms with Crippen LogP contribution in [-0.4, -0.2) is 40.6 Å². The molecule has 0 radical (unpaired) electrons. The zero-order valence-electron chi connectivity index (χ0n) is 16.7. The van der Waals surface area contributed by atoms with Gasteiger partial charge in [0.1, 0.15) is 17.3 Å². The van der Waals surface area contributed by atoms with Gasteiger partial charge in [0.25, 0.3) is 0 Å². The predicted molar refractivity (Wildman–Crippen MR) is 113 cm³/mol. The average Bonchev–Trinajstić information content (AvgIpc) is 3.39. The van der Waals surface area contributed by atoms with Gasteiger partial charge in [0.05, 0.1) is 36.8 Å². The van der Waals surface area contributed by atoms with E-state index in [1.165, 1.54) is 12.0 Å². The number of hydrogen-bond acceptors (Lipinski definition) is 5. The summed E-state index contributed by atoms with van der Waals surface area (Å²) in [5.74, 6) is 2.59. The monoisotopic (exact) mass is 388 g/mol. The molecule has 0 saturated carbocycles. The zero-order valence-corrected chi connectivity index (χ0v) is 16.7. The van der Waals surface area contributed by atoms with Crippen molar-refractivity contribution in [1.82, 2.24) is 19.9 Å². The highest BCUT2D eigenvalue weighted by molar-refractivity contribution is 5.87. The van der Waals surface area contributed by atoms with Gasteiger partial charge in [0.2, 0.25) is 0 Å². The van der Waals surface area contributed by atoms with Gasteiger partial charge in [-0.2, -0.15) is 0 Å². The first-order valence-corrected chi connectivity index (χ1v) is 9.94. The Kier molecular flexibility index (Phi) is 4.56. The van der Waals surface area contributed by atoms with Crippen LogP contribution in [0.3, 0.4) is 0 Å². The van der Waals surface area contributed by atoms with E-state index in [1.54, 1.807) is 14.2 Å². The summed E-state index contributed by atoms with van der Waals surface area (Å²) in [5, 5.41) is 1.00. The minimum atomic E-state index is 0.302. The molecule has 2 aromatic carbocycles. The zero-order chi connectivity index (χ0) is 19.8. The van der Waals surface area contributed by atoms with Gasteiger partial charge in [0.15, 0.2) is 0 Å². The Morgan fingerprint density at radius 3 is 2.83 bits per heavy atom. The number of methoxy groups -OCH3 is 2. The molecule has 0 unspecified atom stereocenters. The van der Waals surface area contributed by atoms with Gasteiger partial charge in [0, 0.05) is 30.3 Å². The lowest BCUT2D eigenvalue weighted by Crippen LogP contribution is -2.23. The number of likely N-dealkylation sites (tertiary alicyclic amines) is 1. The number of pyridine rings is 1. The highest BCUT2D eigenvalue weighted by Gasteiger charge is 2.28. The molecule has 1 aliphatic rings. The lowest BCUT2D eigenvalue weighted by atomic mass is 10.1. The number of rotatable bonds is 5. The number of aromatic nitrogens is 3. The molecule has 148 valence electrons. The molecule has 5 rings (SSSR count). The van der Waals surface area contributed by atoms with Crippen molar-refractivity contribution in [2.45, 2.75) is 25.4 Å². The van der Waals surface area contributed by atoms with Gasteiger partial charge in [-0.3, -0.25) is 9.88 Å². The topological polar surface area (TPSA) is 63.3 Å². The lowest BCUT2D eigenvalue weighted by molar-refractivity contribution is 0.241. The SMILES string of the molecule is COc1cc(OC)c2cc(CN3CCC[C@H]3c3nc4ccccc4[nH]3)cnc2c1. The third kappa shape index (κ3) is 3.29. The van der Waals surface area contributed by atoms with Crippen molar-refractivity contribution in [2.75, 3.05) is 20.8 Å². The Morgan fingerprint density at radius 2 is 2.00 bits per heavy atom. The second-order valence-corrected chi connectivity index (χ2v) is 7.51. The van der Waals surface area contributed by atoms with Gasteiger partial charge in [-0.1, -0.05) is 12.1 Å². The summed E-state index contributed by atoms with van der Waals surface area (Å²) in [7, 11) is 3.33. The minimum Gasteiger partial charge on any atom is -0.497 e. The third-order valence-corrected chi connectivity index (χ3v) is 5.72. The number of benzene rings is 2. The molecule has 2 aromatic heterocycles. The molecule has 0 spiro atoms. The molecule has 1 fully saturated rings. The van der Waals surface area contributed by atoms with Crippen LogP contribution >= 0.6 is 0 Å². The van der Waals surface area contributed by atoms with Crippen molar-refractivity contribution < 1.29 is 9.47 Å². The Bertz CT molecular complexity index is 1140. The van der Waals surface area contributed by atoms with E-state index in [0.29, 0.717) is 6.04 Å². The summed E-state index contributed by atoms with van der Waals surface area (Å²) in [6, 6.07) is 14.5. The number of imidazole rings is 1. The summed E-state index contributed by atoms with van der Waals surface area (Å²) in [6.45, 7) is 1.89. The van der Waals surface area contributed by atoms with Crippen LogP contribution in [0.15, 0.2) is 48.7 Å². The van der Waals surface area contributed by atoms with E-state index in [1.807, 2.05) is 30.5 Å². The molecule has 1 atom stereocenters. The largest absolute Gasteiger partial charge is 0.497 e. The first-order valence-electron chi connectivity index (χ1n) is 9.94. The minimum absolute atomic E-state index is 0.302. The fraction of sp³-hybridized carbons (Fsp3) is 0.304. The highest BCUT2D eigenvalue weighted by Crippen LogP contribution is 2.34. The Balaban J connectivity index is 1.44. The summed E-state index contributed by atoms with van der Waals surface area (Å²) in [6.07, 6.45) is 4.24. The van der Waals surface area contributed by atoms with E-state index in [9.17, 15) is 0 Å². The van der Waals surface area contributed by atoms with Crippen LogP contribution in [-0.2, 0) is 6.54 Å². The van der Waals surface area contributed by atoms with Gasteiger partial charge in [-0.15, -0.1) is 0 Å². The lowest BCUT2D eigenvalue weighted by Gasteiger charge is -2.23. The van der Waals surface area contributed by atoms with Gasteiger partial charge in [-0.05, 0) is 43.1 Å². The van der Waals surface area contributed by atoms with Crippen LogP contribution in [0.4, 0.5) is 0 Å². The number of nitrogens with one attached hydrogen (secondary N) is 1. The van der Waals surface area contributed by atoms with E-state index in [2.05, 4.69) is 33.1 Å². The van der Waals surface area contributed by atoms with Crippen LogP contribution in [0.25, 0.3) is 21.9 Å². The van der Waals surface area contributed by atoms with Crippen LogP contribution < -0.4 is 9.47 Å². The Labute approximate surface area is 169 Å². The second-order valence-electron chi connectivity index (χ2n) is 7.51. The fourth-order valence-corrected chi connectivity index (χ4v) is 4.28. The van der Waals surface area contributed by atoms with E-state index >= 15 is 0 Å². The first-order chi connectivity index (χ1) is 14.2. The molecule has 3 heterocycles. The van der Waals surface area contributed by atoms with Crippen molar-refractivity contribution in [2.24, 2.45) is 0 Å². The summed E-state index contributed by atoms with van der Waals surface area (Å²) in [4.78, 5) is 15.5. The maximum Gasteiger partial charge on any atom is 0.131 e. The first kappa shape index (κ1) is 17.9. The number of ether oxygens (including phenoxy) is 2. The van der Waals surface area contributed by atoms with Crippen LogP contribution in [0.5, 0.6) is 11.5 Å². The number of fused-ring (bicyclic) bond motifs is 2. The Morgan fingerprint density at radius 1 is 1.10 bits per heavy atom. The smallest absolute Gasteiger partial charge is 0.131 e. The number of para-hydroxylation sites is 2. The molecule has 4 aromatic rings. The molecule has 29 heavy (non-hydrogen) atoms. The summed E-state index contributed by atoms with van der Waals surface area (Å²) in [5.41, 5.74) is 4.17. The van der Waals surface area contributed by atoms with Gasteiger partial charge < -0.3 is 14.5 Å². The molecule has 0 amide bonds. The van der Waals surface area contributed by atoms with Crippen molar-refractivity contribution in [1.29, 1.82) is 0 Å². The molecular formula is C23H24N4O2. The van der Waals surface area contributed by atoms with Crippen LogP contribution in [0.2, 0.25) is 0 Å². The molecule has 1 saturated heterocycles. The van der Waals surface area contributed by atoms with E-state index in [-0.39, 0.29) is 0 Å². The number of aromatic amines is 1. The molecule has 0 aliphatic carbocycles. The van der Waals surface area contributed by atoms with Crippen molar-refractivity contribution in [3.8, 4) is 11.5 Å². The molecule has 1 N–H and O–H groups in total. The van der Waals surface area contributed by atoms with Crippen LogP contribution in [0, 0.1) is 0 Å². The van der Waals surface area contributed by atoms with Crippen molar-refractivity contribution >= 4 is 21.9 Å². The fourth-order valence-electron chi connectivity index (χ4n) is 4.28. The molecular weight excluding hydrogens is 364 g/mol. The number of H-pyrrole nitrogens is 1. The third-order valence-electron chi connectivity index (χ3n) is 5.72. The summed E-state index contributed by atoms with van der Waals surface area (Å²) >= 11 is 0. The van der Waals surface area contributed by atoms with E-state index in [0.717, 1.165) is 58.8 Å². The maximum atomic E-state index is 5.57. The van der Waals surface area contributed by atoms with Gasteiger partial charge >= 0.3 is 0 Å². The van der Waals surface area contributed by atoms with E-state index < -0.39 is 0 Å². The Hall–Kier alpha value is -3.12. The van der Waals surface area contributed by atoms with Gasteiger partial charge in [-0.25, -0.2) is 4.98 Å². The normalized spacial score (nSPS) is 17.2. The number of hydrogen-bond donors (Lipinski definition) is 1. The molecule has 0 bridgehead atoms. The molecule has 6 nitrogen and oxygen atoms in total. The standard InChI is InChI=1S/C23H24N4O2/c1-28-16-11-20-17(22(12-16)29-2)10-15(13-24-20)14-27-9-5-8-21(27)23-25-18-6-3-4-7-19(18)26-23/h3-4,6-7,10-13,21H,5,8-9,14H2,1-2H3,(H,25,26)/t21-/m0/s1. The maximum absolute atomic E-state index is 5.57. The molecule has 1 aliphatic heterocycles. The van der Waals surface area contributed by atoms with Crippen LogP contribution in [0.1, 0.15) is 30.3 Å². The quantitative estimate of drug-likeness (QED) is 0.547. The van der Waals surface area contributed by atoms with E-state index in [4.69, 9.17) is 14.5 Å². The average molecular weight is 388 g/mol. The predicted octanol–water partition coefficient (Wildman–Crippen LogP) is 4.47. The molecule has 6 heteroatoms. The number of nitrogens with zero attached hydrogens (tertiary/aromatic N) is 3. The highest BCUT2D eigenvalue weighted by atomic mass is 16.5. The second kappa shape index (κ2) is 7.37. The van der Waals surface area contributed by atoms with Crippen molar-refractivity contribution in [3.05, 3.63) is 60.0 Å². The summed E-state index contributed by atoms with van der Waals surface area (Å²) < 4.78 is 10.9.